The van der Waals surface area contributed by atoms with Crippen LogP contribution in [-0.2, 0) is 9.47 Å². The molecule has 7 heteroatoms. The molecule has 1 aliphatic carbocycles. The molecular formula is C24H30O7. The molecule has 1 heterocycles. The van der Waals surface area contributed by atoms with Gasteiger partial charge in [-0.15, -0.1) is 0 Å². The van der Waals surface area contributed by atoms with Gasteiger partial charge < -0.3 is 34.3 Å². The maximum atomic E-state index is 10.2. The Labute approximate surface area is 182 Å². The summed E-state index contributed by atoms with van der Waals surface area (Å²) in [5, 5.41) is 29.1. The van der Waals surface area contributed by atoms with E-state index in [4.69, 9.17) is 24.1 Å². The first-order valence-electron chi connectivity index (χ1n) is 10.2. The molecule has 0 radical (unpaired) electrons. The fourth-order valence-electron chi connectivity index (χ4n) is 3.60. The number of hydrogen-bond donors (Lipinski definition) is 3. The number of aliphatic hydroxyl groups excluding tert-OH is 3. The number of methoxy groups -OCH3 is 2. The third-order valence-corrected chi connectivity index (χ3v) is 5.40. The van der Waals surface area contributed by atoms with Crippen LogP contribution in [0.1, 0.15) is 18.9 Å². The Balaban J connectivity index is 1.64. The molecular weight excluding hydrogens is 400 g/mol. The molecule has 31 heavy (non-hydrogen) atoms. The first-order valence-corrected chi connectivity index (χ1v) is 10.2. The predicted octanol–water partition coefficient (Wildman–Crippen LogP) is 3.35. The van der Waals surface area contributed by atoms with Gasteiger partial charge in [0.1, 0.15) is 29.5 Å². The number of benzene rings is 1. The van der Waals surface area contributed by atoms with E-state index in [1.165, 1.54) is 6.08 Å². The Kier molecular flexibility index (Phi) is 7.79. The molecule has 0 spiro atoms. The van der Waals surface area contributed by atoms with Crippen molar-refractivity contribution in [3.05, 3.63) is 66.2 Å². The number of allylic oxidation sites excluding steroid dienone is 4. The Bertz CT molecular complexity index is 835. The molecule has 1 aromatic rings. The van der Waals surface area contributed by atoms with E-state index in [-0.39, 0.29) is 18.3 Å². The van der Waals surface area contributed by atoms with Gasteiger partial charge >= 0.3 is 0 Å². The second-order valence-electron chi connectivity index (χ2n) is 7.67. The van der Waals surface area contributed by atoms with Crippen LogP contribution in [0.3, 0.4) is 0 Å². The maximum absolute atomic E-state index is 10.2. The normalized spacial score (nSPS) is 31.1. The third kappa shape index (κ3) is 5.91. The molecule has 6 atom stereocenters. The van der Waals surface area contributed by atoms with Gasteiger partial charge in [0.25, 0.3) is 0 Å². The van der Waals surface area contributed by atoms with Gasteiger partial charge in [-0.3, -0.25) is 0 Å². The molecule has 4 unspecified atom stereocenters. The van der Waals surface area contributed by atoms with Crippen LogP contribution in [0.4, 0.5) is 0 Å². The van der Waals surface area contributed by atoms with Crippen LogP contribution in [-0.4, -0.2) is 54.1 Å². The first kappa shape index (κ1) is 22.9. The van der Waals surface area contributed by atoms with Crippen molar-refractivity contribution in [1.29, 1.82) is 0 Å². The molecule has 1 aliphatic heterocycles. The Morgan fingerprint density at radius 2 is 1.74 bits per heavy atom. The van der Waals surface area contributed by atoms with E-state index in [1.807, 2.05) is 42.5 Å². The van der Waals surface area contributed by atoms with Gasteiger partial charge in [-0.1, -0.05) is 25.2 Å². The molecule has 3 rings (SSSR count). The largest absolute Gasteiger partial charge is 0.516 e. The zero-order valence-electron chi connectivity index (χ0n) is 17.9. The van der Waals surface area contributed by atoms with E-state index in [9.17, 15) is 10.2 Å². The number of hydrogen-bond acceptors (Lipinski definition) is 7. The fraction of sp³-hybridized carbons (Fsp3) is 0.417. The summed E-state index contributed by atoms with van der Waals surface area (Å²) in [5.41, 5.74) is 0.975. The van der Waals surface area contributed by atoms with E-state index in [1.54, 1.807) is 14.2 Å². The zero-order chi connectivity index (χ0) is 22.4. The van der Waals surface area contributed by atoms with Crippen LogP contribution in [0.15, 0.2) is 60.6 Å². The Morgan fingerprint density at radius 3 is 2.35 bits per heavy atom. The summed E-state index contributed by atoms with van der Waals surface area (Å²) in [4.78, 5) is 0. The highest BCUT2D eigenvalue weighted by molar-refractivity contribution is 5.56. The molecule has 1 fully saturated rings. The van der Waals surface area contributed by atoms with Gasteiger partial charge in [0, 0.05) is 18.4 Å². The Hall–Kier alpha value is -2.74. The second-order valence-corrected chi connectivity index (χ2v) is 7.67. The summed E-state index contributed by atoms with van der Waals surface area (Å²) >= 11 is 0. The lowest BCUT2D eigenvalue weighted by atomic mass is 9.88. The molecule has 0 amide bonds. The lowest BCUT2D eigenvalue weighted by Gasteiger charge is -2.36. The van der Waals surface area contributed by atoms with Gasteiger partial charge in [-0.2, -0.15) is 0 Å². The zero-order valence-corrected chi connectivity index (χ0v) is 17.9. The minimum absolute atomic E-state index is 0.0988. The first-order chi connectivity index (χ1) is 14.9. The minimum Gasteiger partial charge on any atom is -0.516 e. The van der Waals surface area contributed by atoms with Crippen LogP contribution in [0.2, 0.25) is 0 Å². The molecule has 3 N–H and O–H groups in total. The van der Waals surface area contributed by atoms with Crippen molar-refractivity contribution in [1.82, 2.24) is 0 Å². The summed E-state index contributed by atoms with van der Waals surface area (Å²) < 4.78 is 22.0. The SMILES string of the molecule is COc1cc(/C=C/C2C=CC(OC3OC(/C=C/O)[C@@H](O)C[C@H]3O)=CC2C)cc(OC)c1. The van der Waals surface area contributed by atoms with Crippen molar-refractivity contribution in [3.63, 3.8) is 0 Å². The van der Waals surface area contributed by atoms with Crippen LogP contribution in [0.25, 0.3) is 6.08 Å². The van der Waals surface area contributed by atoms with Crippen LogP contribution in [0.5, 0.6) is 11.5 Å². The Morgan fingerprint density at radius 1 is 1.03 bits per heavy atom. The number of rotatable bonds is 7. The van der Waals surface area contributed by atoms with Crippen molar-refractivity contribution in [2.45, 2.75) is 37.9 Å². The average Bonchev–Trinajstić information content (AvgIpc) is 2.76. The van der Waals surface area contributed by atoms with Gasteiger partial charge in [0.2, 0.25) is 6.29 Å². The molecule has 168 valence electrons. The highest BCUT2D eigenvalue weighted by Crippen LogP contribution is 2.30. The van der Waals surface area contributed by atoms with Crippen molar-refractivity contribution in [2.24, 2.45) is 11.8 Å². The minimum atomic E-state index is -0.969. The summed E-state index contributed by atoms with van der Waals surface area (Å²) in [5.74, 6) is 2.36. The van der Waals surface area contributed by atoms with Crippen molar-refractivity contribution in [3.8, 4) is 11.5 Å². The van der Waals surface area contributed by atoms with E-state index in [0.717, 1.165) is 23.3 Å². The predicted molar refractivity (Wildman–Crippen MR) is 117 cm³/mol. The van der Waals surface area contributed by atoms with E-state index >= 15 is 0 Å². The number of aliphatic hydroxyl groups is 3. The molecule has 0 aromatic heterocycles. The molecule has 1 saturated heterocycles. The van der Waals surface area contributed by atoms with Crippen LogP contribution >= 0.6 is 0 Å². The van der Waals surface area contributed by atoms with Crippen LogP contribution in [0, 0.1) is 11.8 Å². The smallest absolute Gasteiger partial charge is 0.226 e. The van der Waals surface area contributed by atoms with Gasteiger partial charge in [-0.25, -0.2) is 0 Å². The summed E-state index contributed by atoms with van der Waals surface area (Å²) in [6, 6.07) is 5.71. The van der Waals surface area contributed by atoms with Crippen molar-refractivity contribution >= 4 is 6.08 Å². The third-order valence-electron chi connectivity index (χ3n) is 5.40. The standard InChI is InChI=1S/C24H30O7/c1-15-10-18(30-24-22(27)14-21(26)23(31-24)8-9-25)7-6-17(15)5-4-16-11-19(28-2)13-20(12-16)29-3/h4-13,15,17,21-27H,14H2,1-3H3/b5-4+,9-8+/t15?,17?,21-,22+,23?,24?/m0/s1. The van der Waals surface area contributed by atoms with Gasteiger partial charge in [-0.05, 0) is 41.8 Å². The van der Waals surface area contributed by atoms with Crippen molar-refractivity contribution in [2.75, 3.05) is 14.2 Å². The lowest BCUT2D eigenvalue weighted by molar-refractivity contribution is -0.239. The molecule has 0 saturated carbocycles. The lowest BCUT2D eigenvalue weighted by Crippen LogP contribution is -2.47. The monoisotopic (exact) mass is 430 g/mol. The van der Waals surface area contributed by atoms with E-state index < -0.39 is 24.6 Å². The molecule has 1 aromatic carbocycles. The van der Waals surface area contributed by atoms with Crippen molar-refractivity contribution < 1.29 is 34.3 Å². The van der Waals surface area contributed by atoms with Gasteiger partial charge in [0.05, 0.1) is 26.6 Å². The summed E-state index contributed by atoms with van der Waals surface area (Å²) in [6.07, 6.45) is 8.69. The highest BCUT2D eigenvalue weighted by atomic mass is 16.7. The number of ether oxygens (including phenoxy) is 4. The fourth-order valence-corrected chi connectivity index (χ4v) is 3.60. The highest BCUT2D eigenvalue weighted by Gasteiger charge is 2.37. The quantitative estimate of drug-likeness (QED) is 0.571. The summed E-state index contributed by atoms with van der Waals surface area (Å²) in [7, 11) is 3.24. The summed E-state index contributed by atoms with van der Waals surface area (Å²) in [6.45, 7) is 2.08. The maximum Gasteiger partial charge on any atom is 0.226 e. The van der Waals surface area contributed by atoms with Gasteiger partial charge in [0.15, 0.2) is 0 Å². The van der Waals surface area contributed by atoms with E-state index in [0.29, 0.717) is 5.76 Å². The molecule has 7 nitrogen and oxygen atoms in total. The average molecular weight is 430 g/mol. The topological polar surface area (TPSA) is 97.6 Å². The molecule has 2 aliphatic rings. The van der Waals surface area contributed by atoms with E-state index in [2.05, 4.69) is 13.0 Å². The van der Waals surface area contributed by atoms with Crippen LogP contribution < -0.4 is 9.47 Å². The second kappa shape index (κ2) is 10.5. The molecule has 0 bridgehead atoms.